The number of piperidine rings is 1. The molecule has 4 rings (SSSR count). The number of nitro benzene ring substituents is 1. The third-order valence-corrected chi connectivity index (χ3v) is 6.86. The van der Waals surface area contributed by atoms with Crippen LogP contribution in [0, 0.1) is 10.1 Å². The van der Waals surface area contributed by atoms with Crippen molar-refractivity contribution in [3.63, 3.8) is 0 Å². The second kappa shape index (κ2) is 11.9. The molecule has 0 N–H and O–H groups in total. The van der Waals surface area contributed by atoms with E-state index in [-0.39, 0.29) is 46.7 Å². The van der Waals surface area contributed by atoms with Gasteiger partial charge in [0, 0.05) is 25.2 Å². The first kappa shape index (κ1) is 26.9. The van der Waals surface area contributed by atoms with Gasteiger partial charge in [0.2, 0.25) is 5.91 Å². The molecule has 2 heterocycles. The molecule has 2 aliphatic rings. The molecule has 3 amide bonds. The summed E-state index contributed by atoms with van der Waals surface area (Å²) in [6, 6.07) is 9.64. The summed E-state index contributed by atoms with van der Waals surface area (Å²) in [6.45, 7) is 2.99. The fourth-order valence-electron chi connectivity index (χ4n) is 4.01. The Bertz CT molecular complexity index is 1300. The summed E-state index contributed by atoms with van der Waals surface area (Å²) < 4.78 is 11.0. The Morgan fingerprint density at radius 3 is 2.42 bits per heavy atom. The number of thioether (sulfide) groups is 1. The van der Waals surface area contributed by atoms with Gasteiger partial charge in [-0.3, -0.25) is 29.4 Å². The van der Waals surface area contributed by atoms with Crippen molar-refractivity contribution in [2.45, 2.75) is 26.2 Å². The highest BCUT2D eigenvalue weighted by Crippen LogP contribution is 2.35. The number of ether oxygens (including phenoxy) is 2. The molecule has 0 bridgehead atoms. The maximum atomic E-state index is 12.9. The molecular formula is C26H25N3O8S. The standard InChI is InChI=1S/C26H25N3O8S/c1-2-36-21-14-17(6-11-20(21)37-25(32)18-7-9-19(10-8-18)29(34)35)15-22-24(31)28(26(33)38-22)16-23(30)27-12-4-3-5-13-27/h6-11,14-15H,2-5,12-13,16H2,1H3/b22-15-. The number of amides is 3. The summed E-state index contributed by atoms with van der Waals surface area (Å²) in [5, 5.41) is 10.3. The van der Waals surface area contributed by atoms with E-state index in [0.717, 1.165) is 35.9 Å². The number of hydrogen-bond acceptors (Lipinski definition) is 9. The highest BCUT2D eigenvalue weighted by atomic mass is 32.2. The van der Waals surface area contributed by atoms with Gasteiger partial charge in [-0.2, -0.15) is 0 Å². The van der Waals surface area contributed by atoms with Crippen LogP contribution >= 0.6 is 11.8 Å². The minimum absolute atomic E-state index is 0.118. The van der Waals surface area contributed by atoms with Gasteiger partial charge in [0.05, 0.1) is 22.0 Å². The SMILES string of the molecule is CCOc1cc(/C=C2\SC(=O)N(CC(=O)N3CCCCC3)C2=O)ccc1OC(=O)c1ccc([N+](=O)[O-])cc1. The van der Waals surface area contributed by atoms with Gasteiger partial charge in [-0.25, -0.2) is 4.79 Å². The fourth-order valence-corrected chi connectivity index (χ4v) is 4.85. The van der Waals surface area contributed by atoms with Crippen LogP contribution in [0.5, 0.6) is 11.5 Å². The monoisotopic (exact) mass is 539 g/mol. The van der Waals surface area contributed by atoms with Crippen molar-refractivity contribution in [2.24, 2.45) is 0 Å². The van der Waals surface area contributed by atoms with Crippen LogP contribution in [0.25, 0.3) is 6.08 Å². The summed E-state index contributed by atoms with van der Waals surface area (Å²) in [7, 11) is 0. The zero-order valence-electron chi connectivity index (χ0n) is 20.6. The highest BCUT2D eigenvalue weighted by Gasteiger charge is 2.37. The second-order valence-electron chi connectivity index (χ2n) is 8.54. The molecule has 11 nitrogen and oxygen atoms in total. The van der Waals surface area contributed by atoms with Crippen molar-refractivity contribution >= 4 is 46.5 Å². The number of likely N-dealkylation sites (tertiary alicyclic amines) is 1. The Balaban J connectivity index is 1.48. The maximum Gasteiger partial charge on any atom is 0.343 e. The summed E-state index contributed by atoms with van der Waals surface area (Å²) >= 11 is 0.753. The predicted molar refractivity (Wildman–Crippen MR) is 139 cm³/mol. The lowest BCUT2D eigenvalue weighted by molar-refractivity contribution is -0.384. The van der Waals surface area contributed by atoms with E-state index in [1.54, 1.807) is 24.0 Å². The predicted octanol–water partition coefficient (Wildman–Crippen LogP) is 4.26. The number of carbonyl (C=O) groups excluding carboxylic acids is 4. The van der Waals surface area contributed by atoms with Gasteiger partial charge in [0.15, 0.2) is 11.5 Å². The fraction of sp³-hybridized carbons (Fsp3) is 0.308. The zero-order chi connectivity index (χ0) is 27.2. The van der Waals surface area contributed by atoms with Crippen molar-refractivity contribution in [2.75, 3.05) is 26.2 Å². The van der Waals surface area contributed by atoms with Crippen LogP contribution in [-0.2, 0) is 9.59 Å². The molecule has 198 valence electrons. The summed E-state index contributed by atoms with van der Waals surface area (Å²) in [4.78, 5) is 63.5. The molecule has 0 saturated carbocycles. The van der Waals surface area contributed by atoms with Gasteiger partial charge in [0.25, 0.3) is 16.8 Å². The quantitative estimate of drug-likeness (QED) is 0.158. The van der Waals surface area contributed by atoms with Gasteiger partial charge in [0.1, 0.15) is 6.54 Å². The Kier molecular flexibility index (Phi) is 8.41. The first-order valence-corrected chi connectivity index (χ1v) is 12.8. The van der Waals surface area contributed by atoms with Gasteiger partial charge >= 0.3 is 5.97 Å². The molecule has 0 aromatic heterocycles. The zero-order valence-corrected chi connectivity index (χ0v) is 21.4. The molecule has 38 heavy (non-hydrogen) atoms. The van der Waals surface area contributed by atoms with Crippen LogP contribution in [-0.4, -0.2) is 64.0 Å². The maximum absolute atomic E-state index is 12.9. The first-order valence-electron chi connectivity index (χ1n) is 12.0. The van der Waals surface area contributed by atoms with Gasteiger partial charge in [-0.15, -0.1) is 0 Å². The molecule has 2 fully saturated rings. The number of imide groups is 1. The van der Waals surface area contributed by atoms with Crippen molar-refractivity contribution in [1.82, 2.24) is 9.80 Å². The third-order valence-electron chi connectivity index (χ3n) is 5.96. The van der Waals surface area contributed by atoms with E-state index in [9.17, 15) is 29.3 Å². The Labute approximate surface area is 222 Å². The van der Waals surface area contributed by atoms with Crippen LogP contribution in [0.1, 0.15) is 42.1 Å². The summed E-state index contributed by atoms with van der Waals surface area (Å²) in [5.74, 6) is -1.17. The molecule has 0 aliphatic carbocycles. The molecule has 2 saturated heterocycles. The molecular weight excluding hydrogens is 514 g/mol. The van der Waals surface area contributed by atoms with E-state index in [0.29, 0.717) is 18.7 Å². The lowest BCUT2D eigenvalue weighted by atomic mass is 10.1. The average molecular weight is 540 g/mol. The number of esters is 1. The van der Waals surface area contributed by atoms with Gasteiger partial charge in [-0.1, -0.05) is 6.07 Å². The molecule has 12 heteroatoms. The Morgan fingerprint density at radius 2 is 1.76 bits per heavy atom. The number of carbonyl (C=O) groups is 4. The number of benzene rings is 2. The van der Waals surface area contributed by atoms with Gasteiger partial charge < -0.3 is 14.4 Å². The van der Waals surface area contributed by atoms with Crippen LogP contribution in [0.3, 0.4) is 0 Å². The molecule has 2 aromatic rings. The summed E-state index contributed by atoms with van der Waals surface area (Å²) in [6.07, 6.45) is 4.40. The molecule has 0 unspecified atom stereocenters. The van der Waals surface area contributed by atoms with E-state index in [1.807, 2.05) is 0 Å². The van der Waals surface area contributed by atoms with Crippen LogP contribution < -0.4 is 9.47 Å². The minimum Gasteiger partial charge on any atom is -0.490 e. The molecule has 0 radical (unpaired) electrons. The second-order valence-corrected chi connectivity index (χ2v) is 9.54. The van der Waals surface area contributed by atoms with Crippen molar-refractivity contribution in [3.8, 4) is 11.5 Å². The number of non-ortho nitro benzene ring substituents is 1. The first-order chi connectivity index (χ1) is 18.3. The topological polar surface area (TPSA) is 136 Å². The molecule has 0 spiro atoms. The minimum atomic E-state index is -0.729. The van der Waals surface area contributed by atoms with Crippen molar-refractivity contribution < 1.29 is 33.6 Å². The van der Waals surface area contributed by atoms with E-state index in [2.05, 4.69) is 0 Å². The Morgan fingerprint density at radius 1 is 1.05 bits per heavy atom. The van der Waals surface area contributed by atoms with Crippen LogP contribution in [0.4, 0.5) is 10.5 Å². The molecule has 0 atom stereocenters. The summed E-state index contributed by atoms with van der Waals surface area (Å²) in [5.41, 5.74) is 0.493. The van der Waals surface area contributed by atoms with Crippen LogP contribution in [0.2, 0.25) is 0 Å². The lowest BCUT2D eigenvalue weighted by Gasteiger charge is -2.27. The highest BCUT2D eigenvalue weighted by molar-refractivity contribution is 8.18. The number of nitro groups is 1. The average Bonchev–Trinajstić information content (AvgIpc) is 3.17. The van der Waals surface area contributed by atoms with E-state index in [4.69, 9.17) is 9.47 Å². The van der Waals surface area contributed by atoms with Crippen molar-refractivity contribution in [3.05, 3.63) is 68.6 Å². The Hall–Kier alpha value is -4.19. The third kappa shape index (κ3) is 6.20. The molecule has 2 aliphatic heterocycles. The van der Waals surface area contributed by atoms with E-state index >= 15 is 0 Å². The smallest absolute Gasteiger partial charge is 0.343 e. The lowest BCUT2D eigenvalue weighted by Crippen LogP contribution is -2.44. The molecule has 2 aromatic carbocycles. The van der Waals surface area contributed by atoms with E-state index in [1.165, 1.54) is 36.4 Å². The van der Waals surface area contributed by atoms with Crippen molar-refractivity contribution in [1.29, 1.82) is 0 Å². The van der Waals surface area contributed by atoms with Crippen LogP contribution in [0.15, 0.2) is 47.4 Å². The number of hydrogen-bond donors (Lipinski definition) is 0. The largest absolute Gasteiger partial charge is 0.490 e. The van der Waals surface area contributed by atoms with Gasteiger partial charge in [-0.05, 0) is 73.9 Å². The van der Waals surface area contributed by atoms with E-state index < -0.39 is 22.0 Å². The number of rotatable bonds is 8. The normalized spacial score (nSPS) is 16.6. The number of nitrogens with zero attached hydrogens (tertiary/aromatic N) is 3.